The summed E-state index contributed by atoms with van der Waals surface area (Å²) in [7, 11) is 2.03. The average Bonchev–Trinajstić information content (AvgIpc) is 2.98. The molecule has 28 heavy (non-hydrogen) atoms. The van der Waals surface area contributed by atoms with Crippen molar-refractivity contribution in [3.8, 4) is 5.75 Å². The van der Waals surface area contributed by atoms with Crippen LogP contribution in [0.3, 0.4) is 0 Å². The molecular formula is C21H33IN4O2. The Morgan fingerprint density at radius 1 is 1.25 bits per heavy atom. The Labute approximate surface area is 185 Å². The minimum absolute atomic E-state index is 0. The van der Waals surface area contributed by atoms with Crippen molar-refractivity contribution >= 4 is 29.9 Å². The number of aliphatic imine (C=N–C) groups is 1. The SMILES string of the molecule is CCNC(=NCC(C)c1c(C)noc1C)N(C)CCOc1ccc(C)cc1.I. The zero-order valence-electron chi connectivity index (χ0n) is 17.8. The lowest BCUT2D eigenvalue weighted by Gasteiger charge is -2.22. The van der Waals surface area contributed by atoms with Crippen LogP contribution in [0.5, 0.6) is 5.75 Å². The molecule has 156 valence electrons. The summed E-state index contributed by atoms with van der Waals surface area (Å²) < 4.78 is 11.1. The van der Waals surface area contributed by atoms with Crippen LogP contribution in [-0.4, -0.2) is 49.3 Å². The molecule has 2 aromatic rings. The van der Waals surface area contributed by atoms with Crippen LogP contribution in [0.2, 0.25) is 0 Å². The van der Waals surface area contributed by atoms with Crippen LogP contribution in [0.4, 0.5) is 0 Å². The standard InChI is InChI=1S/C21H32N4O2.HI/c1-7-22-21(23-14-16(3)20-17(4)24-27-18(20)5)25(6)12-13-26-19-10-8-15(2)9-11-19;/h8-11,16H,7,12-14H2,1-6H3,(H,22,23);1H. The van der Waals surface area contributed by atoms with E-state index in [-0.39, 0.29) is 29.9 Å². The first kappa shape index (κ1) is 24.3. The van der Waals surface area contributed by atoms with Gasteiger partial charge in [0.1, 0.15) is 18.1 Å². The van der Waals surface area contributed by atoms with Gasteiger partial charge in [0.2, 0.25) is 0 Å². The zero-order chi connectivity index (χ0) is 19.8. The van der Waals surface area contributed by atoms with Crippen molar-refractivity contribution in [2.45, 2.75) is 40.5 Å². The maximum absolute atomic E-state index is 5.83. The van der Waals surface area contributed by atoms with Gasteiger partial charge in [0.05, 0.1) is 12.2 Å². The first-order valence-electron chi connectivity index (χ1n) is 9.54. The highest BCUT2D eigenvalue weighted by Crippen LogP contribution is 2.23. The van der Waals surface area contributed by atoms with Gasteiger partial charge in [-0.25, -0.2) is 0 Å². The molecule has 0 saturated carbocycles. The smallest absolute Gasteiger partial charge is 0.193 e. The highest BCUT2D eigenvalue weighted by Gasteiger charge is 2.16. The predicted molar refractivity (Wildman–Crippen MR) is 125 cm³/mol. The maximum atomic E-state index is 5.83. The second-order valence-corrected chi connectivity index (χ2v) is 6.92. The normalized spacial score (nSPS) is 12.3. The molecule has 6 nitrogen and oxygen atoms in total. The topological polar surface area (TPSA) is 62.9 Å². The number of guanidine groups is 1. The lowest BCUT2D eigenvalue weighted by Crippen LogP contribution is -2.41. The van der Waals surface area contributed by atoms with Crippen molar-refractivity contribution < 1.29 is 9.26 Å². The molecule has 1 aromatic heterocycles. The van der Waals surface area contributed by atoms with Crippen LogP contribution in [0.1, 0.15) is 42.3 Å². The van der Waals surface area contributed by atoms with E-state index in [9.17, 15) is 0 Å². The average molecular weight is 500 g/mol. The highest BCUT2D eigenvalue weighted by atomic mass is 127. The molecule has 1 heterocycles. The molecule has 0 bridgehead atoms. The fourth-order valence-electron chi connectivity index (χ4n) is 3.02. The summed E-state index contributed by atoms with van der Waals surface area (Å²) >= 11 is 0. The Morgan fingerprint density at radius 3 is 2.50 bits per heavy atom. The molecule has 0 amide bonds. The minimum atomic E-state index is 0. The van der Waals surface area contributed by atoms with Gasteiger partial charge in [-0.2, -0.15) is 0 Å². The van der Waals surface area contributed by atoms with Crippen molar-refractivity contribution in [2.24, 2.45) is 4.99 Å². The van der Waals surface area contributed by atoms with Crippen LogP contribution in [0.25, 0.3) is 0 Å². The van der Waals surface area contributed by atoms with Gasteiger partial charge < -0.3 is 19.5 Å². The Bertz CT molecular complexity index is 724. The number of ether oxygens (including phenoxy) is 1. The van der Waals surface area contributed by atoms with Crippen molar-refractivity contribution in [1.29, 1.82) is 0 Å². The number of nitrogens with zero attached hydrogens (tertiary/aromatic N) is 3. The molecule has 2 rings (SSSR count). The number of nitrogens with one attached hydrogen (secondary N) is 1. The predicted octanol–water partition coefficient (Wildman–Crippen LogP) is 4.30. The number of aromatic nitrogens is 1. The van der Waals surface area contributed by atoms with Gasteiger partial charge in [0.15, 0.2) is 5.96 Å². The van der Waals surface area contributed by atoms with E-state index in [1.54, 1.807) is 0 Å². The largest absolute Gasteiger partial charge is 0.492 e. The molecule has 0 radical (unpaired) electrons. The number of benzene rings is 1. The Kier molecular flexibility index (Phi) is 10.3. The summed E-state index contributed by atoms with van der Waals surface area (Å²) in [6.07, 6.45) is 0. The molecule has 0 aliphatic heterocycles. The van der Waals surface area contributed by atoms with Gasteiger partial charge in [0, 0.05) is 31.6 Å². The van der Waals surface area contributed by atoms with Gasteiger partial charge in [-0.15, -0.1) is 24.0 Å². The molecule has 1 N–H and O–H groups in total. The van der Waals surface area contributed by atoms with Crippen molar-refractivity contribution in [3.63, 3.8) is 0 Å². The second kappa shape index (κ2) is 11.9. The molecule has 0 aliphatic rings. The lowest BCUT2D eigenvalue weighted by molar-refractivity contribution is 0.281. The van der Waals surface area contributed by atoms with Crippen molar-refractivity contribution in [1.82, 2.24) is 15.4 Å². The number of hydrogen-bond donors (Lipinski definition) is 1. The second-order valence-electron chi connectivity index (χ2n) is 6.92. The van der Waals surface area contributed by atoms with Crippen molar-refractivity contribution in [2.75, 3.05) is 33.3 Å². The summed E-state index contributed by atoms with van der Waals surface area (Å²) in [5, 5.41) is 7.39. The van der Waals surface area contributed by atoms with Crippen LogP contribution in [-0.2, 0) is 0 Å². The molecular weight excluding hydrogens is 467 g/mol. The lowest BCUT2D eigenvalue weighted by atomic mass is 10.00. The first-order valence-corrected chi connectivity index (χ1v) is 9.54. The number of rotatable bonds is 8. The van der Waals surface area contributed by atoms with E-state index in [1.165, 1.54) is 5.56 Å². The van der Waals surface area contributed by atoms with Gasteiger partial charge in [-0.05, 0) is 39.8 Å². The van der Waals surface area contributed by atoms with Crippen molar-refractivity contribution in [3.05, 3.63) is 46.8 Å². The van der Waals surface area contributed by atoms with Gasteiger partial charge in [-0.1, -0.05) is 29.8 Å². The van der Waals surface area contributed by atoms with E-state index in [4.69, 9.17) is 14.3 Å². The molecule has 0 spiro atoms. The Hall–Kier alpha value is -1.77. The summed E-state index contributed by atoms with van der Waals surface area (Å²) in [5.41, 5.74) is 3.33. The quantitative estimate of drug-likeness (QED) is 0.333. The highest BCUT2D eigenvalue weighted by molar-refractivity contribution is 14.0. The fraction of sp³-hybridized carbons (Fsp3) is 0.524. The number of aryl methyl sites for hydroxylation is 3. The van der Waals surface area contributed by atoms with E-state index < -0.39 is 0 Å². The Morgan fingerprint density at radius 2 is 1.93 bits per heavy atom. The molecule has 1 unspecified atom stereocenters. The van der Waals surface area contributed by atoms with E-state index in [0.717, 1.165) is 41.8 Å². The van der Waals surface area contributed by atoms with Gasteiger partial charge in [-0.3, -0.25) is 4.99 Å². The monoisotopic (exact) mass is 500 g/mol. The molecule has 0 aliphatic carbocycles. The third kappa shape index (κ3) is 7.00. The molecule has 0 saturated heterocycles. The van der Waals surface area contributed by atoms with Gasteiger partial charge >= 0.3 is 0 Å². The maximum Gasteiger partial charge on any atom is 0.193 e. The molecule has 1 aromatic carbocycles. The minimum Gasteiger partial charge on any atom is -0.492 e. The summed E-state index contributed by atoms with van der Waals surface area (Å²) in [6, 6.07) is 8.11. The summed E-state index contributed by atoms with van der Waals surface area (Å²) in [5.74, 6) is 2.90. The fourth-order valence-corrected chi connectivity index (χ4v) is 3.02. The number of hydrogen-bond acceptors (Lipinski definition) is 4. The first-order chi connectivity index (χ1) is 12.9. The third-order valence-electron chi connectivity index (χ3n) is 4.51. The zero-order valence-corrected chi connectivity index (χ0v) is 20.1. The molecule has 0 fully saturated rings. The number of halogens is 1. The van der Waals surface area contributed by atoms with Crippen LogP contribution in [0.15, 0.2) is 33.8 Å². The van der Waals surface area contributed by atoms with E-state index in [1.807, 2.05) is 33.0 Å². The molecule has 7 heteroatoms. The number of likely N-dealkylation sites (N-methyl/N-ethyl adjacent to an activating group) is 1. The van der Waals surface area contributed by atoms with Crippen LogP contribution in [0, 0.1) is 20.8 Å². The summed E-state index contributed by atoms with van der Waals surface area (Å²) in [4.78, 5) is 6.89. The van der Waals surface area contributed by atoms with Gasteiger partial charge in [0.25, 0.3) is 0 Å². The van der Waals surface area contributed by atoms with Crippen LogP contribution < -0.4 is 10.1 Å². The third-order valence-corrected chi connectivity index (χ3v) is 4.51. The van der Waals surface area contributed by atoms with Crippen LogP contribution >= 0.6 is 24.0 Å². The van der Waals surface area contributed by atoms with E-state index in [2.05, 4.69) is 48.3 Å². The van der Waals surface area contributed by atoms with E-state index in [0.29, 0.717) is 13.2 Å². The van der Waals surface area contributed by atoms with E-state index >= 15 is 0 Å². The Balaban J connectivity index is 0.00000392. The summed E-state index contributed by atoms with van der Waals surface area (Å²) in [6.45, 7) is 13.1. The molecule has 1 atom stereocenters.